The molecular weight excluding hydrogens is 1560 g/mol. The molecular formula is C117H71N9S. The fourth-order valence-corrected chi connectivity index (χ4v) is 19.9. The third kappa shape index (κ3) is 13.3. The van der Waals surface area contributed by atoms with Crippen LogP contribution in [0.25, 0.3) is 251 Å². The summed E-state index contributed by atoms with van der Waals surface area (Å²) < 4.78 is 2.64. The number of hydrogen-bond acceptors (Lipinski definition) is 10. The molecule has 20 aromatic carbocycles. The van der Waals surface area contributed by atoms with Crippen molar-refractivity contribution in [3.05, 3.63) is 431 Å². The van der Waals surface area contributed by atoms with Crippen molar-refractivity contribution in [2.24, 2.45) is 0 Å². The van der Waals surface area contributed by atoms with Gasteiger partial charge in [0.25, 0.3) is 0 Å². The highest BCUT2D eigenvalue weighted by atomic mass is 32.1. The molecule has 0 aliphatic heterocycles. The third-order valence-electron chi connectivity index (χ3n) is 24.8. The summed E-state index contributed by atoms with van der Waals surface area (Å²) in [7, 11) is 0. The van der Waals surface area contributed by atoms with E-state index in [0.29, 0.717) is 11.6 Å². The Hall–Kier alpha value is -16.8. The number of nitrogens with zero attached hydrogens (tertiary/aromatic N) is 9. The average Bonchev–Trinajstić information content (AvgIpc) is 1.46. The zero-order valence-corrected chi connectivity index (χ0v) is 69.2. The highest BCUT2D eigenvalue weighted by Gasteiger charge is 2.21. The second-order valence-corrected chi connectivity index (χ2v) is 33.3. The predicted molar refractivity (Wildman–Crippen MR) is 531 cm³/mol. The van der Waals surface area contributed by atoms with Crippen molar-refractivity contribution >= 4 is 161 Å². The van der Waals surface area contributed by atoms with E-state index in [1.165, 1.54) is 95.9 Å². The van der Waals surface area contributed by atoms with Crippen molar-refractivity contribution in [1.82, 2.24) is 44.9 Å². The topological polar surface area (TPSA) is 116 Å². The van der Waals surface area contributed by atoms with Crippen LogP contribution in [0.4, 0.5) is 0 Å². The molecule has 0 saturated carbocycles. The molecule has 0 aliphatic rings. The number of hydrogen-bond donors (Lipinski definition) is 0. The van der Waals surface area contributed by atoms with Crippen LogP contribution in [-0.2, 0) is 0 Å². The summed E-state index contributed by atoms with van der Waals surface area (Å²) >= 11 is 1.86. The van der Waals surface area contributed by atoms with Crippen LogP contribution < -0.4 is 0 Å². The number of fused-ring (bicyclic) bond motifs is 27. The second-order valence-electron chi connectivity index (χ2n) is 32.2. The Bertz CT molecular complexity index is 8600. The lowest BCUT2D eigenvalue weighted by molar-refractivity contribution is 1.23. The Labute approximate surface area is 733 Å². The number of benzene rings is 20. The molecule has 26 rings (SSSR count). The summed E-state index contributed by atoms with van der Waals surface area (Å²) in [6, 6.07) is 139. The first-order chi connectivity index (χ1) is 62.9. The third-order valence-corrected chi connectivity index (χ3v) is 25.9. The van der Waals surface area contributed by atoms with Gasteiger partial charge in [0.05, 0.1) is 22.1 Å². The number of aromatic nitrogens is 9. The quantitative estimate of drug-likeness (QED) is 0.130. The molecule has 6 heterocycles. The van der Waals surface area contributed by atoms with E-state index in [9.17, 15) is 0 Å². The van der Waals surface area contributed by atoms with Crippen LogP contribution in [0, 0.1) is 0 Å². The van der Waals surface area contributed by atoms with Crippen molar-refractivity contribution in [3.63, 3.8) is 0 Å². The molecule has 0 saturated heterocycles. The molecule has 0 N–H and O–H groups in total. The number of thiophene rings is 1. The standard InChI is InChI=1S/C46H28N2S.C44H26N4.C27H17N3/c1-2-11-29(12-3-1)33-24-34(31-14-10-13-30(23-31)32-21-22-40-39-18-8-9-20-43(39)49-44(40)27-32)26-35(25-33)46-47-28-42-38-17-5-4-15-36(38)37-16-6-7-19-41(37)45(42)48-46;1-3-19-35-31(15-1)33-17-5-7-21-37(33)41-39(35)25-45-43(47-41)29-13-9-11-27(23-29)28-12-10-14-30(24-28)44-46-26-40-36-20-4-2-16-32(36)34-18-6-8-22-38(34)42(40)48-44;1-2-12-23-21(10-1)22-11-3-4-13-24(22)26-25(23)17-29-27(30-26)19-8-5-7-18(15-19)20-9-6-14-28-16-20/h1-28H;1-26H;1-17H. The molecule has 6 aromatic heterocycles. The van der Waals surface area contributed by atoms with Gasteiger partial charge in [-0.2, -0.15) is 0 Å². The SMILES string of the molecule is c1cc(-c2cccc(-c3ncc4c5ccccc5c5ccccc5c4n3)c2)cc(-c2ncc3c4ccccc4c4ccccc4c3n2)c1.c1ccc(-c2cc(-c3cccc(-c4ccc5c(c4)sc4ccccc45)c3)cc(-c3ncc4c5ccccc5c5ccccc5c4n3)c2)cc1.c1cncc(-c2cccc(-c3ncc4c5ccccc5c5ccccc5c4n3)c2)c1. The van der Waals surface area contributed by atoms with Crippen molar-refractivity contribution < 1.29 is 0 Å². The molecule has 26 aromatic rings. The van der Waals surface area contributed by atoms with Crippen LogP contribution in [-0.4, -0.2) is 44.9 Å². The minimum absolute atomic E-state index is 0.706. The van der Waals surface area contributed by atoms with E-state index in [1.54, 1.807) is 6.20 Å². The van der Waals surface area contributed by atoms with Crippen LogP contribution in [0.2, 0.25) is 0 Å². The smallest absolute Gasteiger partial charge is 0.159 e. The van der Waals surface area contributed by atoms with Gasteiger partial charge in [-0.15, -0.1) is 11.3 Å². The molecule has 10 heteroatoms. The van der Waals surface area contributed by atoms with Gasteiger partial charge in [-0.3, -0.25) is 4.98 Å². The molecule has 127 heavy (non-hydrogen) atoms. The van der Waals surface area contributed by atoms with Crippen LogP contribution in [0.3, 0.4) is 0 Å². The Morgan fingerprint density at radius 3 is 0.772 bits per heavy atom. The summed E-state index contributed by atoms with van der Waals surface area (Å²) in [5.41, 5.74) is 19.2. The van der Waals surface area contributed by atoms with E-state index in [4.69, 9.17) is 39.9 Å². The zero-order valence-electron chi connectivity index (χ0n) is 68.4. The van der Waals surface area contributed by atoms with Crippen LogP contribution in [0.5, 0.6) is 0 Å². The molecule has 0 atom stereocenters. The van der Waals surface area contributed by atoms with Crippen LogP contribution >= 0.6 is 11.3 Å². The number of pyridine rings is 1. The normalized spacial score (nSPS) is 11.6. The second kappa shape index (κ2) is 31.3. The Kier molecular flexibility index (Phi) is 18.2. The highest BCUT2D eigenvalue weighted by molar-refractivity contribution is 7.25. The summed E-state index contributed by atoms with van der Waals surface area (Å²) in [5, 5.41) is 25.9. The lowest BCUT2D eigenvalue weighted by Crippen LogP contribution is -1.94. The van der Waals surface area contributed by atoms with Gasteiger partial charge in [0, 0.05) is 128 Å². The van der Waals surface area contributed by atoms with Crippen molar-refractivity contribution in [2.75, 3.05) is 0 Å². The maximum atomic E-state index is 5.30. The van der Waals surface area contributed by atoms with E-state index in [0.717, 1.165) is 144 Å². The molecule has 0 radical (unpaired) electrons. The first-order valence-electron chi connectivity index (χ1n) is 42.7. The Balaban J connectivity index is 0.000000110. The Morgan fingerprint density at radius 2 is 0.394 bits per heavy atom. The van der Waals surface area contributed by atoms with Gasteiger partial charge in [0.1, 0.15) is 0 Å². The Morgan fingerprint density at radius 1 is 0.142 bits per heavy atom. The van der Waals surface area contributed by atoms with Crippen LogP contribution in [0.15, 0.2) is 431 Å². The predicted octanol–water partition coefficient (Wildman–Crippen LogP) is 30.8. The maximum absolute atomic E-state index is 5.30. The highest BCUT2D eigenvalue weighted by Crippen LogP contribution is 2.44. The van der Waals surface area contributed by atoms with Crippen LogP contribution in [0.1, 0.15) is 0 Å². The summed E-state index contributed by atoms with van der Waals surface area (Å²) in [6.45, 7) is 0. The molecule has 0 amide bonds. The van der Waals surface area contributed by atoms with E-state index < -0.39 is 0 Å². The van der Waals surface area contributed by atoms with Crippen molar-refractivity contribution in [2.45, 2.75) is 0 Å². The van der Waals surface area contributed by atoms with Crippen molar-refractivity contribution in [3.8, 4) is 101 Å². The molecule has 590 valence electrons. The van der Waals surface area contributed by atoms with Crippen molar-refractivity contribution in [1.29, 1.82) is 0 Å². The van der Waals surface area contributed by atoms with E-state index in [-0.39, 0.29) is 0 Å². The molecule has 0 unspecified atom stereocenters. The fraction of sp³-hybridized carbons (Fsp3) is 0. The minimum atomic E-state index is 0.706. The zero-order chi connectivity index (χ0) is 83.8. The van der Waals surface area contributed by atoms with E-state index >= 15 is 0 Å². The molecule has 0 spiro atoms. The maximum Gasteiger partial charge on any atom is 0.159 e. The van der Waals surface area contributed by atoms with Gasteiger partial charge < -0.3 is 0 Å². The van der Waals surface area contributed by atoms with E-state index in [2.05, 4.69) is 387 Å². The monoisotopic (exact) mass is 1630 g/mol. The largest absolute Gasteiger partial charge is 0.264 e. The first kappa shape index (κ1) is 74.1. The van der Waals surface area contributed by atoms with Gasteiger partial charge in [0.15, 0.2) is 23.3 Å². The van der Waals surface area contributed by atoms with Gasteiger partial charge in [-0.25, -0.2) is 39.9 Å². The summed E-state index contributed by atoms with van der Waals surface area (Å²) in [5.74, 6) is 2.86. The van der Waals surface area contributed by atoms with Gasteiger partial charge in [-0.1, -0.05) is 334 Å². The van der Waals surface area contributed by atoms with Gasteiger partial charge in [0.2, 0.25) is 0 Å². The van der Waals surface area contributed by atoms with Gasteiger partial charge >= 0.3 is 0 Å². The van der Waals surface area contributed by atoms with Gasteiger partial charge in [-0.05, 0) is 175 Å². The molecule has 9 nitrogen and oxygen atoms in total. The lowest BCUT2D eigenvalue weighted by atomic mass is 9.93. The minimum Gasteiger partial charge on any atom is -0.264 e. The van der Waals surface area contributed by atoms with E-state index in [1.807, 2.05) is 54.5 Å². The first-order valence-corrected chi connectivity index (χ1v) is 43.5. The molecule has 0 fully saturated rings. The molecule has 0 bridgehead atoms. The molecule has 0 aliphatic carbocycles. The lowest BCUT2D eigenvalue weighted by Gasteiger charge is -2.13. The number of rotatable bonds is 9. The average molecular weight is 1630 g/mol. The fourth-order valence-electron chi connectivity index (χ4n) is 18.8. The summed E-state index contributed by atoms with van der Waals surface area (Å²) in [6.07, 6.45) is 11.6. The summed E-state index contributed by atoms with van der Waals surface area (Å²) in [4.78, 5) is 44.4.